The Morgan fingerprint density at radius 2 is 2.35 bits per heavy atom. The average Bonchev–Trinajstić information content (AvgIpc) is 2.34. The zero-order chi connectivity index (χ0) is 12.7. The fourth-order valence-electron chi connectivity index (χ4n) is 1.06. The van der Waals surface area contributed by atoms with E-state index < -0.39 is 10.9 Å². The predicted molar refractivity (Wildman–Crippen MR) is 58.7 cm³/mol. The van der Waals surface area contributed by atoms with Crippen LogP contribution in [0.5, 0.6) is 0 Å². The van der Waals surface area contributed by atoms with Crippen molar-refractivity contribution in [2.45, 2.75) is 0 Å². The molecule has 0 heterocycles. The van der Waals surface area contributed by atoms with Crippen LogP contribution in [0, 0.1) is 21.4 Å². The number of nitrogens with zero attached hydrogens (tertiary/aromatic N) is 2. The van der Waals surface area contributed by atoms with Crippen molar-refractivity contribution in [1.29, 1.82) is 5.26 Å². The first-order valence-corrected chi connectivity index (χ1v) is 4.59. The molecule has 6 nitrogen and oxygen atoms in total. The van der Waals surface area contributed by atoms with Gasteiger partial charge in [0.15, 0.2) is 6.61 Å². The summed E-state index contributed by atoms with van der Waals surface area (Å²) in [6.45, 7) is -0.321. The molecule has 0 aliphatic rings. The quantitative estimate of drug-likeness (QED) is 0.340. The molecule has 0 aliphatic carbocycles. The molecule has 0 bridgehead atoms. The van der Waals surface area contributed by atoms with E-state index in [1.807, 2.05) is 0 Å². The number of carbonyl (C=O) groups is 1. The maximum atomic E-state index is 11.0. The summed E-state index contributed by atoms with van der Waals surface area (Å²) in [5.41, 5.74) is 0.450. The maximum Gasteiger partial charge on any atom is 0.331 e. The molecule has 0 aliphatic heterocycles. The van der Waals surface area contributed by atoms with Gasteiger partial charge in [0, 0.05) is 18.2 Å². The molecule has 0 saturated carbocycles. The van der Waals surface area contributed by atoms with E-state index in [-0.39, 0.29) is 12.3 Å². The lowest BCUT2D eigenvalue weighted by Crippen LogP contribution is -1.99. The molecular formula is C11H8N2O4. The first kappa shape index (κ1) is 12.4. The molecule has 0 saturated heterocycles. The zero-order valence-electron chi connectivity index (χ0n) is 8.70. The van der Waals surface area contributed by atoms with Gasteiger partial charge in [-0.05, 0) is 11.6 Å². The molecule has 0 fully saturated rings. The number of hydrogen-bond donors (Lipinski definition) is 0. The van der Waals surface area contributed by atoms with Crippen LogP contribution >= 0.6 is 0 Å². The van der Waals surface area contributed by atoms with Crippen LogP contribution in [0.2, 0.25) is 0 Å². The number of nitriles is 1. The van der Waals surface area contributed by atoms with E-state index in [1.165, 1.54) is 24.3 Å². The number of carbonyl (C=O) groups excluding carboxylic acids is 1. The van der Waals surface area contributed by atoms with Crippen LogP contribution in [0.3, 0.4) is 0 Å². The third kappa shape index (κ3) is 4.13. The molecule has 0 unspecified atom stereocenters. The van der Waals surface area contributed by atoms with E-state index in [4.69, 9.17) is 5.26 Å². The Labute approximate surface area is 96.9 Å². The van der Waals surface area contributed by atoms with Gasteiger partial charge in [0.05, 0.1) is 4.92 Å². The van der Waals surface area contributed by atoms with Crippen LogP contribution in [-0.2, 0) is 9.53 Å². The Morgan fingerprint density at radius 3 is 3.00 bits per heavy atom. The van der Waals surface area contributed by atoms with Crippen LogP contribution in [0.4, 0.5) is 5.69 Å². The molecule has 6 heteroatoms. The lowest BCUT2D eigenvalue weighted by Gasteiger charge is -1.95. The molecule has 1 aromatic carbocycles. The Kier molecular flexibility index (Phi) is 4.39. The topological polar surface area (TPSA) is 93.2 Å². The Balaban J connectivity index is 2.72. The van der Waals surface area contributed by atoms with Gasteiger partial charge in [-0.25, -0.2) is 4.79 Å². The van der Waals surface area contributed by atoms with E-state index in [0.717, 1.165) is 6.08 Å². The number of hydrogen-bond acceptors (Lipinski definition) is 5. The van der Waals surface area contributed by atoms with Crippen molar-refractivity contribution < 1.29 is 14.5 Å². The second kappa shape index (κ2) is 6.02. The van der Waals surface area contributed by atoms with E-state index in [2.05, 4.69) is 4.74 Å². The van der Waals surface area contributed by atoms with Gasteiger partial charge in [-0.15, -0.1) is 0 Å². The van der Waals surface area contributed by atoms with Crippen LogP contribution < -0.4 is 0 Å². The number of nitro groups is 1. The number of nitro benzene ring substituents is 1. The van der Waals surface area contributed by atoms with Gasteiger partial charge in [-0.1, -0.05) is 12.1 Å². The fraction of sp³-hybridized carbons (Fsp3) is 0.0909. The third-order valence-corrected chi connectivity index (χ3v) is 1.77. The van der Waals surface area contributed by atoms with E-state index in [1.54, 1.807) is 12.1 Å². The maximum absolute atomic E-state index is 11.0. The third-order valence-electron chi connectivity index (χ3n) is 1.77. The number of ether oxygens (including phenoxy) is 1. The molecule has 0 atom stereocenters. The number of non-ortho nitro benzene ring substituents is 1. The summed E-state index contributed by atoms with van der Waals surface area (Å²) in [5, 5.41) is 18.7. The fourth-order valence-corrected chi connectivity index (χ4v) is 1.06. The molecule has 0 spiro atoms. The second-order valence-corrected chi connectivity index (χ2v) is 2.95. The van der Waals surface area contributed by atoms with Crippen molar-refractivity contribution >= 4 is 17.7 Å². The molecule has 86 valence electrons. The number of benzene rings is 1. The molecule has 0 aromatic heterocycles. The van der Waals surface area contributed by atoms with Gasteiger partial charge < -0.3 is 4.74 Å². The minimum atomic E-state index is -0.668. The summed E-state index contributed by atoms with van der Waals surface area (Å²) >= 11 is 0. The highest BCUT2D eigenvalue weighted by Crippen LogP contribution is 2.13. The first-order valence-electron chi connectivity index (χ1n) is 4.59. The molecular weight excluding hydrogens is 224 g/mol. The largest absolute Gasteiger partial charge is 0.447 e. The number of rotatable bonds is 4. The highest BCUT2D eigenvalue weighted by Gasteiger charge is 2.04. The Bertz CT molecular complexity index is 502. The smallest absolute Gasteiger partial charge is 0.331 e. The summed E-state index contributed by atoms with van der Waals surface area (Å²) in [4.78, 5) is 21.0. The number of esters is 1. The van der Waals surface area contributed by atoms with Gasteiger partial charge in [0.1, 0.15) is 6.07 Å². The minimum Gasteiger partial charge on any atom is -0.447 e. The van der Waals surface area contributed by atoms with Crippen LogP contribution in [-0.4, -0.2) is 17.5 Å². The molecule has 0 radical (unpaired) electrons. The van der Waals surface area contributed by atoms with Gasteiger partial charge in [-0.3, -0.25) is 10.1 Å². The summed E-state index contributed by atoms with van der Waals surface area (Å²) in [6.07, 6.45) is 2.49. The summed E-state index contributed by atoms with van der Waals surface area (Å²) in [7, 11) is 0. The molecule has 0 amide bonds. The summed E-state index contributed by atoms with van der Waals surface area (Å²) in [6, 6.07) is 7.46. The van der Waals surface area contributed by atoms with Crippen molar-refractivity contribution in [3.05, 3.63) is 46.0 Å². The zero-order valence-corrected chi connectivity index (χ0v) is 8.70. The van der Waals surface area contributed by atoms with Crippen LogP contribution in [0.25, 0.3) is 6.08 Å². The Hall–Kier alpha value is -2.68. The molecule has 1 rings (SSSR count). The van der Waals surface area contributed by atoms with Crippen molar-refractivity contribution in [1.82, 2.24) is 0 Å². The highest BCUT2D eigenvalue weighted by molar-refractivity contribution is 5.87. The molecule has 1 aromatic rings. The van der Waals surface area contributed by atoms with E-state index >= 15 is 0 Å². The molecule has 17 heavy (non-hydrogen) atoms. The normalized spacial score (nSPS) is 9.82. The lowest BCUT2D eigenvalue weighted by molar-refractivity contribution is -0.384. The van der Waals surface area contributed by atoms with E-state index in [0.29, 0.717) is 5.56 Å². The Morgan fingerprint density at radius 1 is 1.59 bits per heavy atom. The van der Waals surface area contributed by atoms with Crippen molar-refractivity contribution in [3.8, 4) is 6.07 Å². The summed E-state index contributed by atoms with van der Waals surface area (Å²) < 4.78 is 4.47. The van der Waals surface area contributed by atoms with Crippen LogP contribution in [0.15, 0.2) is 30.3 Å². The standard InChI is InChI=1S/C11H8N2O4/c12-6-7-17-11(14)5-4-9-2-1-3-10(8-9)13(15)16/h1-5,8H,7H2. The minimum absolute atomic E-state index is 0.0578. The summed E-state index contributed by atoms with van der Waals surface area (Å²) in [5.74, 6) is -0.668. The average molecular weight is 232 g/mol. The van der Waals surface area contributed by atoms with Crippen molar-refractivity contribution in [2.24, 2.45) is 0 Å². The van der Waals surface area contributed by atoms with Gasteiger partial charge in [0.25, 0.3) is 5.69 Å². The highest BCUT2D eigenvalue weighted by atomic mass is 16.6. The van der Waals surface area contributed by atoms with Gasteiger partial charge in [0.2, 0.25) is 0 Å². The van der Waals surface area contributed by atoms with Crippen LogP contribution in [0.1, 0.15) is 5.56 Å². The lowest BCUT2D eigenvalue weighted by atomic mass is 10.2. The SMILES string of the molecule is N#CCOC(=O)C=Cc1cccc([N+](=O)[O-])c1. The van der Waals surface area contributed by atoms with E-state index in [9.17, 15) is 14.9 Å². The molecule has 0 N–H and O–H groups in total. The van der Waals surface area contributed by atoms with Crippen molar-refractivity contribution in [3.63, 3.8) is 0 Å². The monoisotopic (exact) mass is 232 g/mol. The first-order chi connectivity index (χ1) is 8.13. The van der Waals surface area contributed by atoms with Crippen molar-refractivity contribution in [2.75, 3.05) is 6.61 Å². The second-order valence-electron chi connectivity index (χ2n) is 2.95. The van der Waals surface area contributed by atoms with Gasteiger partial charge >= 0.3 is 5.97 Å². The van der Waals surface area contributed by atoms with Gasteiger partial charge in [-0.2, -0.15) is 5.26 Å². The predicted octanol–water partition coefficient (Wildman–Crippen LogP) is 1.67.